The van der Waals surface area contributed by atoms with Crippen molar-refractivity contribution in [1.82, 2.24) is 5.32 Å². The zero-order chi connectivity index (χ0) is 14.0. The highest BCUT2D eigenvalue weighted by molar-refractivity contribution is 14.1. The first-order valence-corrected chi connectivity index (χ1v) is 6.99. The highest BCUT2D eigenvalue weighted by atomic mass is 127. The van der Waals surface area contributed by atoms with E-state index >= 15 is 0 Å². The number of hydrogen-bond donors (Lipinski definition) is 1. The zero-order valence-electron chi connectivity index (χ0n) is 10.7. The fourth-order valence-corrected chi connectivity index (χ4v) is 2.79. The smallest absolute Gasteiger partial charge is 0.131 e. The van der Waals surface area contributed by atoms with E-state index in [0.29, 0.717) is 11.1 Å². The van der Waals surface area contributed by atoms with Gasteiger partial charge in [0, 0.05) is 15.2 Å². The van der Waals surface area contributed by atoms with E-state index in [4.69, 9.17) is 0 Å². The van der Waals surface area contributed by atoms with Crippen LogP contribution in [-0.4, -0.2) is 7.05 Å². The molecular weight excluding hydrogens is 359 g/mol. The van der Waals surface area contributed by atoms with Crippen molar-refractivity contribution in [3.63, 3.8) is 0 Å². The summed E-state index contributed by atoms with van der Waals surface area (Å²) in [6.45, 7) is 1.64. The summed E-state index contributed by atoms with van der Waals surface area (Å²) in [6, 6.07) is 9.99. The Labute approximate surface area is 125 Å². The van der Waals surface area contributed by atoms with Gasteiger partial charge in [-0.15, -0.1) is 0 Å². The predicted molar refractivity (Wildman–Crippen MR) is 81.2 cm³/mol. The van der Waals surface area contributed by atoms with Crippen LogP contribution in [0.4, 0.5) is 8.78 Å². The van der Waals surface area contributed by atoms with Gasteiger partial charge in [-0.25, -0.2) is 8.78 Å². The van der Waals surface area contributed by atoms with Crippen LogP contribution >= 0.6 is 22.6 Å². The Morgan fingerprint density at radius 3 is 2.37 bits per heavy atom. The summed E-state index contributed by atoms with van der Waals surface area (Å²) >= 11 is 2.22. The molecule has 0 aliphatic carbocycles. The Bertz CT molecular complexity index is 599. The van der Waals surface area contributed by atoms with Gasteiger partial charge in [-0.2, -0.15) is 0 Å². The molecule has 0 saturated heterocycles. The van der Waals surface area contributed by atoms with Crippen molar-refractivity contribution < 1.29 is 8.78 Å². The molecule has 0 radical (unpaired) electrons. The molecule has 1 nitrogen and oxygen atoms in total. The summed E-state index contributed by atoms with van der Waals surface area (Å²) in [5, 5.41) is 3.10. The molecule has 0 heterocycles. The lowest BCUT2D eigenvalue weighted by atomic mass is 9.97. The van der Waals surface area contributed by atoms with Crippen molar-refractivity contribution in [2.45, 2.75) is 13.0 Å². The van der Waals surface area contributed by atoms with Crippen LogP contribution in [-0.2, 0) is 0 Å². The predicted octanol–water partition coefficient (Wildman–Crippen LogP) is 4.19. The van der Waals surface area contributed by atoms with Crippen molar-refractivity contribution >= 4 is 22.6 Å². The summed E-state index contributed by atoms with van der Waals surface area (Å²) in [7, 11) is 1.77. The first-order chi connectivity index (χ1) is 9.04. The second kappa shape index (κ2) is 5.96. The van der Waals surface area contributed by atoms with Gasteiger partial charge in [-0.3, -0.25) is 0 Å². The van der Waals surface area contributed by atoms with Crippen molar-refractivity contribution in [3.8, 4) is 0 Å². The van der Waals surface area contributed by atoms with Crippen molar-refractivity contribution in [2.24, 2.45) is 0 Å². The van der Waals surface area contributed by atoms with E-state index in [1.54, 1.807) is 20.0 Å². The minimum absolute atomic E-state index is 0.285. The second-order valence-electron chi connectivity index (χ2n) is 4.37. The van der Waals surface area contributed by atoms with E-state index in [-0.39, 0.29) is 6.04 Å². The maximum absolute atomic E-state index is 14.0. The molecule has 2 aromatic carbocycles. The molecule has 100 valence electrons. The highest BCUT2D eigenvalue weighted by Gasteiger charge is 2.19. The molecule has 1 unspecified atom stereocenters. The normalized spacial score (nSPS) is 12.5. The molecule has 1 N–H and O–H groups in total. The molecule has 1 atom stereocenters. The molecule has 0 amide bonds. The van der Waals surface area contributed by atoms with Gasteiger partial charge < -0.3 is 5.32 Å². The number of hydrogen-bond acceptors (Lipinski definition) is 1. The Balaban J connectivity index is 2.55. The van der Waals surface area contributed by atoms with Gasteiger partial charge >= 0.3 is 0 Å². The van der Waals surface area contributed by atoms with Crippen LogP contribution in [0.2, 0.25) is 0 Å². The SMILES string of the molecule is CNC(c1cc(C)c(F)cc1F)c1ccccc1I. The molecule has 4 heteroatoms. The summed E-state index contributed by atoms with van der Waals surface area (Å²) in [6.07, 6.45) is 0. The Morgan fingerprint density at radius 2 is 1.74 bits per heavy atom. The first kappa shape index (κ1) is 14.4. The minimum Gasteiger partial charge on any atom is -0.309 e. The lowest BCUT2D eigenvalue weighted by Crippen LogP contribution is -2.20. The second-order valence-corrected chi connectivity index (χ2v) is 5.53. The van der Waals surface area contributed by atoms with E-state index in [9.17, 15) is 8.78 Å². The molecule has 2 aromatic rings. The van der Waals surface area contributed by atoms with Crippen molar-refractivity contribution in [2.75, 3.05) is 7.05 Å². The molecular formula is C15H14F2IN. The highest BCUT2D eigenvalue weighted by Crippen LogP contribution is 2.29. The van der Waals surface area contributed by atoms with Crippen LogP contribution in [0.3, 0.4) is 0 Å². The number of halogens is 3. The van der Waals surface area contributed by atoms with Gasteiger partial charge in [0.2, 0.25) is 0 Å². The standard InChI is InChI=1S/C15H14F2IN/c1-9-7-11(13(17)8-12(9)16)15(19-2)10-5-3-4-6-14(10)18/h3-8,15,19H,1-2H3. The molecule has 0 aliphatic heterocycles. The molecule has 0 aromatic heterocycles. The van der Waals surface area contributed by atoms with Crippen LogP contribution in [0.1, 0.15) is 22.7 Å². The van der Waals surface area contributed by atoms with Gasteiger partial charge in [0.05, 0.1) is 6.04 Å². The topological polar surface area (TPSA) is 12.0 Å². The van der Waals surface area contributed by atoms with E-state index in [1.165, 1.54) is 0 Å². The molecule has 0 fully saturated rings. The third-order valence-corrected chi connectivity index (χ3v) is 4.08. The van der Waals surface area contributed by atoms with E-state index in [1.807, 2.05) is 24.3 Å². The largest absolute Gasteiger partial charge is 0.309 e. The maximum Gasteiger partial charge on any atom is 0.131 e. The number of nitrogens with one attached hydrogen (secondary N) is 1. The Hall–Kier alpha value is -1.01. The van der Waals surface area contributed by atoms with Crippen LogP contribution in [0, 0.1) is 22.1 Å². The summed E-state index contributed by atoms with van der Waals surface area (Å²) < 4.78 is 28.4. The van der Waals surface area contributed by atoms with Crippen LogP contribution in [0.5, 0.6) is 0 Å². The van der Waals surface area contributed by atoms with Crippen LogP contribution in [0.15, 0.2) is 36.4 Å². The average Bonchev–Trinajstić information content (AvgIpc) is 2.38. The minimum atomic E-state index is -0.526. The molecule has 0 bridgehead atoms. The third kappa shape index (κ3) is 2.95. The third-order valence-electron chi connectivity index (χ3n) is 3.09. The van der Waals surface area contributed by atoms with Gasteiger partial charge in [-0.1, -0.05) is 18.2 Å². The first-order valence-electron chi connectivity index (χ1n) is 5.92. The van der Waals surface area contributed by atoms with Crippen molar-refractivity contribution in [1.29, 1.82) is 0 Å². The number of aryl methyl sites for hydroxylation is 1. The monoisotopic (exact) mass is 373 g/mol. The molecule has 19 heavy (non-hydrogen) atoms. The van der Waals surface area contributed by atoms with Gasteiger partial charge in [0.1, 0.15) is 11.6 Å². The Kier molecular flexibility index (Phi) is 4.52. The fraction of sp³-hybridized carbons (Fsp3) is 0.200. The zero-order valence-corrected chi connectivity index (χ0v) is 12.8. The quantitative estimate of drug-likeness (QED) is 0.796. The van der Waals surface area contributed by atoms with Gasteiger partial charge in [0.25, 0.3) is 0 Å². The fourth-order valence-electron chi connectivity index (χ4n) is 2.09. The summed E-state index contributed by atoms with van der Waals surface area (Å²) in [5.41, 5.74) is 1.89. The summed E-state index contributed by atoms with van der Waals surface area (Å²) in [5.74, 6) is -1.04. The number of benzene rings is 2. The Morgan fingerprint density at radius 1 is 1.05 bits per heavy atom. The average molecular weight is 373 g/mol. The lowest BCUT2D eigenvalue weighted by molar-refractivity contribution is 0.547. The molecule has 0 saturated carbocycles. The maximum atomic E-state index is 14.0. The molecule has 0 aliphatic rings. The van der Waals surface area contributed by atoms with Crippen LogP contribution in [0.25, 0.3) is 0 Å². The van der Waals surface area contributed by atoms with Gasteiger partial charge in [0.15, 0.2) is 0 Å². The van der Waals surface area contributed by atoms with E-state index < -0.39 is 11.6 Å². The summed E-state index contributed by atoms with van der Waals surface area (Å²) in [4.78, 5) is 0. The van der Waals surface area contributed by atoms with Crippen LogP contribution < -0.4 is 5.32 Å². The lowest BCUT2D eigenvalue weighted by Gasteiger charge is -2.20. The van der Waals surface area contributed by atoms with E-state index in [2.05, 4.69) is 27.9 Å². The molecule has 0 spiro atoms. The number of rotatable bonds is 3. The molecule has 2 rings (SSSR count). The van der Waals surface area contributed by atoms with E-state index in [0.717, 1.165) is 15.2 Å². The van der Waals surface area contributed by atoms with Gasteiger partial charge in [-0.05, 0) is 59.8 Å². The van der Waals surface area contributed by atoms with Crippen molar-refractivity contribution in [3.05, 3.63) is 68.3 Å².